The molecular weight excluding hydrogens is 360 g/mol. The second kappa shape index (κ2) is 11.7. The van der Waals surface area contributed by atoms with Crippen molar-refractivity contribution >= 4 is 17.4 Å². The van der Waals surface area contributed by atoms with Crippen molar-refractivity contribution in [2.75, 3.05) is 0 Å². The van der Waals surface area contributed by atoms with E-state index in [2.05, 4.69) is 6.92 Å². The Morgan fingerprint density at radius 3 is 2.14 bits per heavy atom. The molecule has 0 radical (unpaired) electrons. The highest BCUT2D eigenvalue weighted by molar-refractivity contribution is 6.09. The maximum atomic E-state index is 12.2. The quantitative estimate of drug-likeness (QED) is 0.285. The minimum absolute atomic E-state index is 0.0184. The Kier molecular flexibility index (Phi) is 9.64. The van der Waals surface area contributed by atoms with Crippen LogP contribution < -0.4 is 0 Å². The second-order valence-corrected chi connectivity index (χ2v) is 6.65. The number of carboxylic acids is 1. The van der Waals surface area contributed by atoms with Gasteiger partial charge >= 0.3 is 5.97 Å². The van der Waals surface area contributed by atoms with Gasteiger partial charge in [0.25, 0.3) is 5.69 Å². The number of benzene rings is 1. The molecule has 0 aliphatic heterocycles. The minimum atomic E-state index is -0.670. The van der Waals surface area contributed by atoms with E-state index in [-0.39, 0.29) is 11.5 Å². The number of nitrogens with zero attached hydrogens (tertiary/aromatic N) is 2. The van der Waals surface area contributed by atoms with E-state index in [1.54, 1.807) is 11.6 Å². The molecule has 28 heavy (non-hydrogen) atoms. The van der Waals surface area contributed by atoms with Crippen molar-refractivity contribution in [1.82, 2.24) is 4.57 Å². The lowest BCUT2D eigenvalue weighted by molar-refractivity contribution is -0.384. The number of nitro groups is 1. The number of ketones is 1. The predicted molar refractivity (Wildman–Crippen MR) is 108 cm³/mol. The van der Waals surface area contributed by atoms with E-state index < -0.39 is 10.9 Å². The molecule has 7 heteroatoms. The molecule has 2 aromatic rings. The van der Waals surface area contributed by atoms with Crippen LogP contribution in [0, 0.1) is 17.0 Å². The molecule has 0 spiro atoms. The predicted octanol–water partition coefficient (Wildman–Crippen LogP) is 4.90. The fourth-order valence-corrected chi connectivity index (χ4v) is 2.75. The van der Waals surface area contributed by atoms with Crippen LogP contribution in [-0.2, 0) is 11.8 Å². The Balaban J connectivity index is 0.000000336. The van der Waals surface area contributed by atoms with Gasteiger partial charge in [0.05, 0.1) is 10.6 Å². The van der Waals surface area contributed by atoms with Gasteiger partial charge in [-0.1, -0.05) is 32.6 Å². The maximum absolute atomic E-state index is 12.2. The minimum Gasteiger partial charge on any atom is -0.481 e. The van der Waals surface area contributed by atoms with Crippen LogP contribution in [0.15, 0.2) is 36.5 Å². The Bertz CT molecular complexity index is 774. The first-order chi connectivity index (χ1) is 13.3. The zero-order valence-electron chi connectivity index (χ0n) is 16.7. The number of carboxylic acid groups (broad SMARTS) is 1. The van der Waals surface area contributed by atoms with E-state index in [0.717, 1.165) is 18.4 Å². The molecule has 1 aromatic carbocycles. The molecule has 0 saturated carbocycles. The number of nitro benzene ring substituents is 1. The Hall–Kier alpha value is -2.96. The van der Waals surface area contributed by atoms with Gasteiger partial charge in [-0.2, -0.15) is 0 Å². The molecule has 7 nitrogen and oxygen atoms in total. The highest BCUT2D eigenvalue weighted by atomic mass is 16.6. The van der Waals surface area contributed by atoms with E-state index in [9.17, 15) is 19.7 Å². The summed E-state index contributed by atoms with van der Waals surface area (Å²) in [6.07, 6.45) is 7.70. The lowest BCUT2D eigenvalue weighted by Gasteiger charge is -2.04. The Morgan fingerprint density at radius 1 is 1.07 bits per heavy atom. The zero-order valence-corrected chi connectivity index (χ0v) is 16.7. The Morgan fingerprint density at radius 2 is 1.68 bits per heavy atom. The van der Waals surface area contributed by atoms with Crippen LogP contribution in [0.3, 0.4) is 0 Å². The first kappa shape index (κ1) is 23.1. The lowest BCUT2D eigenvalue weighted by Crippen LogP contribution is -2.08. The van der Waals surface area contributed by atoms with Crippen LogP contribution in [0.1, 0.15) is 67.1 Å². The summed E-state index contributed by atoms with van der Waals surface area (Å²) >= 11 is 0. The fraction of sp³-hybridized carbons (Fsp3) is 0.429. The van der Waals surface area contributed by atoms with E-state index in [1.807, 2.05) is 19.2 Å². The van der Waals surface area contributed by atoms with Crippen LogP contribution >= 0.6 is 0 Å². The van der Waals surface area contributed by atoms with Crippen molar-refractivity contribution in [3.63, 3.8) is 0 Å². The van der Waals surface area contributed by atoms with E-state index in [1.165, 1.54) is 43.5 Å². The van der Waals surface area contributed by atoms with Gasteiger partial charge in [-0.25, -0.2) is 0 Å². The molecule has 0 saturated heterocycles. The summed E-state index contributed by atoms with van der Waals surface area (Å²) in [6.45, 7) is 4.01. The van der Waals surface area contributed by atoms with E-state index in [4.69, 9.17) is 5.11 Å². The first-order valence-electron chi connectivity index (χ1n) is 9.40. The van der Waals surface area contributed by atoms with E-state index in [0.29, 0.717) is 17.7 Å². The van der Waals surface area contributed by atoms with Gasteiger partial charge in [-0.15, -0.1) is 0 Å². The number of carbonyl (C=O) groups is 2. The van der Waals surface area contributed by atoms with Crippen LogP contribution in [0.4, 0.5) is 5.69 Å². The molecule has 1 heterocycles. The highest BCUT2D eigenvalue weighted by Crippen LogP contribution is 2.17. The number of aryl methyl sites for hydroxylation is 2. The summed E-state index contributed by atoms with van der Waals surface area (Å²) in [5, 5.41) is 18.8. The van der Waals surface area contributed by atoms with Gasteiger partial charge in [0, 0.05) is 37.4 Å². The molecular formula is C21H28N2O5. The largest absolute Gasteiger partial charge is 0.481 e. The molecule has 1 aromatic heterocycles. The summed E-state index contributed by atoms with van der Waals surface area (Å²) in [4.78, 5) is 32.3. The molecule has 0 aliphatic rings. The maximum Gasteiger partial charge on any atom is 0.303 e. The zero-order chi connectivity index (χ0) is 21.1. The average molecular weight is 388 g/mol. The van der Waals surface area contributed by atoms with Crippen LogP contribution in [0.25, 0.3) is 0 Å². The summed E-state index contributed by atoms with van der Waals surface area (Å²) in [5.41, 5.74) is 1.92. The fourth-order valence-electron chi connectivity index (χ4n) is 2.75. The standard InChI is InChI=1S/C13H12N2O3.C8H16O2/c1-9-7-8-14(2)12(9)13(16)10-3-5-11(6-4-10)15(17)18;1-2-3-4-5-6-7-8(9)10/h3-8H,1-2H3;2-7H2,1H3,(H,9,10). The van der Waals surface area contributed by atoms with Crippen molar-refractivity contribution < 1.29 is 19.6 Å². The number of rotatable bonds is 9. The number of hydrogen-bond donors (Lipinski definition) is 1. The molecule has 2 rings (SSSR count). The number of aromatic nitrogens is 1. The summed E-state index contributed by atoms with van der Waals surface area (Å²) in [7, 11) is 1.80. The van der Waals surface area contributed by atoms with Crippen molar-refractivity contribution in [3.05, 3.63) is 63.5 Å². The van der Waals surface area contributed by atoms with E-state index >= 15 is 0 Å². The third-order valence-electron chi connectivity index (χ3n) is 4.32. The Labute approximate surface area is 165 Å². The van der Waals surface area contributed by atoms with Gasteiger partial charge in [0.1, 0.15) is 0 Å². The monoisotopic (exact) mass is 388 g/mol. The molecule has 0 amide bonds. The lowest BCUT2D eigenvalue weighted by atomic mass is 10.1. The first-order valence-corrected chi connectivity index (χ1v) is 9.40. The highest BCUT2D eigenvalue weighted by Gasteiger charge is 2.16. The molecule has 152 valence electrons. The van der Waals surface area contributed by atoms with Gasteiger partial charge < -0.3 is 9.67 Å². The number of hydrogen-bond acceptors (Lipinski definition) is 4. The number of unbranched alkanes of at least 4 members (excludes halogenated alkanes) is 4. The molecule has 0 atom stereocenters. The van der Waals surface area contributed by atoms with Crippen molar-refractivity contribution in [2.45, 2.75) is 52.4 Å². The SMILES string of the molecule is CCCCCCCC(=O)O.Cc1ccn(C)c1C(=O)c1ccc([N+](=O)[O-])cc1. The molecule has 0 unspecified atom stereocenters. The van der Waals surface area contributed by atoms with Crippen LogP contribution in [-0.4, -0.2) is 26.3 Å². The van der Waals surface area contributed by atoms with Gasteiger partial charge in [0.2, 0.25) is 5.78 Å². The number of aliphatic carboxylic acids is 1. The number of carbonyl (C=O) groups excluding carboxylic acids is 1. The normalized spacial score (nSPS) is 10.1. The van der Waals surface area contributed by atoms with Crippen LogP contribution in [0.2, 0.25) is 0 Å². The molecule has 0 fully saturated rings. The van der Waals surface area contributed by atoms with Crippen molar-refractivity contribution in [1.29, 1.82) is 0 Å². The second-order valence-electron chi connectivity index (χ2n) is 6.65. The summed E-state index contributed by atoms with van der Waals surface area (Å²) in [5.74, 6) is -0.800. The van der Waals surface area contributed by atoms with Gasteiger partial charge in [-0.3, -0.25) is 19.7 Å². The summed E-state index contributed by atoms with van der Waals surface area (Å²) in [6, 6.07) is 7.50. The van der Waals surface area contributed by atoms with Crippen LogP contribution in [0.5, 0.6) is 0 Å². The van der Waals surface area contributed by atoms with Gasteiger partial charge in [0.15, 0.2) is 0 Å². The number of non-ortho nitro benzene ring substituents is 1. The van der Waals surface area contributed by atoms with Crippen molar-refractivity contribution in [2.24, 2.45) is 7.05 Å². The van der Waals surface area contributed by atoms with Gasteiger partial charge in [-0.05, 0) is 37.1 Å². The third kappa shape index (κ3) is 7.34. The summed E-state index contributed by atoms with van der Waals surface area (Å²) < 4.78 is 1.75. The molecule has 0 aliphatic carbocycles. The topological polar surface area (TPSA) is 102 Å². The molecule has 1 N–H and O–H groups in total. The molecule has 0 bridgehead atoms. The smallest absolute Gasteiger partial charge is 0.303 e. The average Bonchev–Trinajstić information content (AvgIpc) is 2.99. The third-order valence-corrected chi connectivity index (χ3v) is 4.32. The van der Waals surface area contributed by atoms with Crippen molar-refractivity contribution in [3.8, 4) is 0 Å².